The first-order valence-electron chi connectivity index (χ1n) is 6.50. The molecular formula is C11H17N9OS. The quantitative estimate of drug-likeness (QED) is 0.650. The van der Waals surface area contributed by atoms with Gasteiger partial charge in [0.25, 0.3) is 5.95 Å². The molecule has 0 unspecified atom stereocenters. The number of amides is 1. The molecular weight excluding hydrogens is 306 g/mol. The van der Waals surface area contributed by atoms with Gasteiger partial charge in [-0.2, -0.15) is 19.6 Å². The molecule has 11 heteroatoms. The zero-order valence-electron chi connectivity index (χ0n) is 12.5. The summed E-state index contributed by atoms with van der Waals surface area (Å²) in [6, 6.07) is 0. The van der Waals surface area contributed by atoms with E-state index in [0.717, 1.165) is 11.8 Å². The van der Waals surface area contributed by atoms with Crippen molar-refractivity contribution in [1.82, 2.24) is 29.7 Å². The fraction of sp³-hybridized carbons (Fsp3) is 0.455. The molecule has 118 valence electrons. The van der Waals surface area contributed by atoms with E-state index in [1.165, 1.54) is 11.0 Å². The molecule has 0 spiro atoms. The van der Waals surface area contributed by atoms with Gasteiger partial charge < -0.3 is 16.0 Å². The topological polar surface area (TPSA) is 128 Å². The average Bonchev–Trinajstić information content (AvgIpc) is 2.94. The Morgan fingerprint density at radius 1 is 1.41 bits per heavy atom. The third-order valence-corrected chi connectivity index (χ3v) is 3.24. The van der Waals surface area contributed by atoms with Gasteiger partial charge in [-0.3, -0.25) is 4.79 Å². The molecule has 0 aliphatic carbocycles. The fourth-order valence-corrected chi connectivity index (χ4v) is 1.98. The standard InChI is InChI=1S/C11H17N9OS/c1-4-13-8-15-9(19(2)3)17-10(16-8)20-6-14-11(18-20)22-5-7(12)21/h6H,4-5H2,1-3H3,(H2,12,21)(H,13,15,16,17). The number of thioether (sulfide) groups is 1. The Bertz CT molecular complexity index is 657. The highest BCUT2D eigenvalue weighted by atomic mass is 32.2. The zero-order chi connectivity index (χ0) is 16.1. The van der Waals surface area contributed by atoms with Crippen LogP contribution in [0.2, 0.25) is 0 Å². The fourth-order valence-electron chi connectivity index (χ4n) is 1.44. The number of carbonyl (C=O) groups excluding carboxylic acids is 1. The third kappa shape index (κ3) is 4.04. The Labute approximate surface area is 131 Å². The molecule has 0 aliphatic heterocycles. The van der Waals surface area contributed by atoms with Crippen LogP contribution in [0.4, 0.5) is 11.9 Å². The molecule has 0 saturated heterocycles. The molecule has 0 atom stereocenters. The van der Waals surface area contributed by atoms with Crippen molar-refractivity contribution >= 4 is 29.6 Å². The molecule has 10 nitrogen and oxygen atoms in total. The summed E-state index contributed by atoms with van der Waals surface area (Å²) in [4.78, 5) is 29.5. The molecule has 2 aromatic heterocycles. The summed E-state index contributed by atoms with van der Waals surface area (Å²) in [5.74, 6) is 0.993. The Morgan fingerprint density at radius 3 is 2.82 bits per heavy atom. The number of aromatic nitrogens is 6. The second kappa shape index (κ2) is 7.02. The number of nitrogens with one attached hydrogen (secondary N) is 1. The van der Waals surface area contributed by atoms with Crippen molar-refractivity contribution < 1.29 is 4.79 Å². The van der Waals surface area contributed by atoms with Gasteiger partial charge in [0.2, 0.25) is 23.0 Å². The minimum atomic E-state index is -0.425. The van der Waals surface area contributed by atoms with Crippen LogP contribution in [-0.2, 0) is 4.79 Å². The van der Waals surface area contributed by atoms with Crippen molar-refractivity contribution in [2.75, 3.05) is 36.6 Å². The minimum Gasteiger partial charge on any atom is -0.369 e. The zero-order valence-corrected chi connectivity index (χ0v) is 13.3. The highest BCUT2D eigenvalue weighted by Crippen LogP contribution is 2.14. The van der Waals surface area contributed by atoms with E-state index in [1.807, 2.05) is 21.0 Å². The van der Waals surface area contributed by atoms with Gasteiger partial charge in [-0.1, -0.05) is 11.8 Å². The summed E-state index contributed by atoms with van der Waals surface area (Å²) in [5.41, 5.74) is 5.10. The van der Waals surface area contributed by atoms with Gasteiger partial charge in [-0.05, 0) is 6.92 Å². The van der Waals surface area contributed by atoms with E-state index in [-0.39, 0.29) is 5.75 Å². The summed E-state index contributed by atoms with van der Waals surface area (Å²) >= 11 is 1.15. The largest absolute Gasteiger partial charge is 0.369 e. The molecule has 2 aromatic rings. The molecule has 0 aromatic carbocycles. The van der Waals surface area contributed by atoms with Crippen LogP contribution in [0.1, 0.15) is 6.92 Å². The van der Waals surface area contributed by atoms with E-state index in [2.05, 4.69) is 30.4 Å². The van der Waals surface area contributed by atoms with Gasteiger partial charge in [0.05, 0.1) is 5.75 Å². The van der Waals surface area contributed by atoms with Gasteiger partial charge in [-0.15, -0.1) is 5.10 Å². The van der Waals surface area contributed by atoms with Crippen molar-refractivity contribution in [3.05, 3.63) is 6.33 Å². The second-order valence-electron chi connectivity index (χ2n) is 4.41. The van der Waals surface area contributed by atoms with E-state index in [4.69, 9.17) is 5.73 Å². The number of nitrogens with two attached hydrogens (primary N) is 1. The van der Waals surface area contributed by atoms with Crippen molar-refractivity contribution in [3.63, 3.8) is 0 Å². The van der Waals surface area contributed by atoms with E-state index < -0.39 is 5.91 Å². The smallest absolute Gasteiger partial charge is 0.258 e. The Hall–Kier alpha value is -2.43. The van der Waals surface area contributed by atoms with Crippen LogP contribution in [-0.4, -0.2) is 62.0 Å². The van der Waals surface area contributed by atoms with Gasteiger partial charge >= 0.3 is 0 Å². The Kier molecular flexibility index (Phi) is 5.09. The number of nitrogens with zero attached hydrogens (tertiary/aromatic N) is 7. The number of hydrogen-bond donors (Lipinski definition) is 2. The predicted molar refractivity (Wildman–Crippen MR) is 83.2 cm³/mol. The first-order chi connectivity index (χ1) is 10.5. The van der Waals surface area contributed by atoms with Crippen LogP contribution >= 0.6 is 11.8 Å². The van der Waals surface area contributed by atoms with Crippen LogP contribution in [0.25, 0.3) is 5.95 Å². The molecule has 2 heterocycles. The number of rotatable bonds is 7. The lowest BCUT2D eigenvalue weighted by Crippen LogP contribution is -2.17. The number of anilines is 2. The second-order valence-corrected chi connectivity index (χ2v) is 5.35. The summed E-state index contributed by atoms with van der Waals surface area (Å²) in [6.45, 7) is 2.64. The number of primary amides is 1. The molecule has 22 heavy (non-hydrogen) atoms. The Balaban J connectivity index is 2.28. The highest BCUT2D eigenvalue weighted by Gasteiger charge is 2.12. The van der Waals surface area contributed by atoms with E-state index >= 15 is 0 Å². The van der Waals surface area contributed by atoms with Crippen LogP contribution in [0.15, 0.2) is 11.5 Å². The third-order valence-electron chi connectivity index (χ3n) is 2.37. The summed E-state index contributed by atoms with van der Waals surface area (Å²) in [5, 5.41) is 7.69. The molecule has 2 rings (SSSR count). The summed E-state index contributed by atoms with van der Waals surface area (Å²) in [6.07, 6.45) is 1.48. The predicted octanol–water partition coefficient (Wildman–Crippen LogP) is -0.472. The van der Waals surface area contributed by atoms with Crippen molar-refractivity contribution in [2.45, 2.75) is 12.1 Å². The number of carbonyl (C=O) groups is 1. The lowest BCUT2D eigenvalue weighted by Gasteiger charge is -2.12. The molecule has 3 N–H and O–H groups in total. The molecule has 0 aliphatic rings. The lowest BCUT2D eigenvalue weighted by atomic mass is 10.7. The first-order valence-corrected chi connectivity index (χ1v) is 7.48. The van der Waals surface area contributed by atoms with Gasteiger partial charge in [0, 0.05) is 20.6 Å². The molecule has 0 radical (unpaired) electrons. The van der Waals surface area contributed by atoms with Crippen LogP contribution in [0.3, 0.4) is 0 Å². The monoisotopic (exact) mass is 323 g/mol. The molecule has 1 amide bonds. The van der Waals surface area contributed by atoms with Crippen LogP contribution in [0.5, 0.6) is 0 Å². The first kappa shape index (κ1) is 15.9. The van der Waals surface area contributed by atoms with Gasteiger partial charge in [0.15, 0.2) is 0 Å². The van der Waals surface area contributed by atoms with E-state index in [1.54, 1.807) is 4.90 Å². The van der Waals surface area contributed by atoms with Crippen molar-refractivity contribution in [3.8, 4) is 5.95 Å². The van der Waals surface area contributed by atoms with E-state index in [9.17, 15) is 4.79 Å². The summed E-state index contributed by atoms with van der Waals surface area (Å²) in [7, 11) is 3.68. The number of hydrogen-bond acceptors (Lipinski definition) is 9. The van der Waals surface area contributed by atoms with Gasteiger partial charge in [-0.25, -0.2) is 4.98 Å². The van der Waals surface area contributed by atoms with Gasteiger partial charge in [0.1, 0.15) is 6.33 Å². The maximum atomic E-state index is 10.8. The maximum absolute atomic E-state index is 10.8. The highest BCUT2D eigenvalue weighted by molar-refractivity contribution is 7.99. The minimum absolute atomic E-state index is 0.118. The van der Waals surface area contributed by atoms with Crippen molar-refractivity contribution in [2.24, 2.45) is 5.73 Å². The molecule has 0 fully saturated rings. The Morgan fingerprint density at radius 2 is 2.18 bits per heavy atom. The SMILES string of the molecule is CCNc1nc(N(C)C)nc(-n2cnc(SCC(N)=O)n2)n1. The molecule has 0 bridgehead atoms. The van der Waals surface area contributed by atoms with Crippen LogP contribution < -0.4 is 16.0 Å². The summed E-state index contributed by atoms with van der Waals surface area (Å²) < 4.78 is 1.43. The normalized spacial score (nSPS) is 10.5. The van der Waals surface area contributed by atoms with E-state index in [0.29, 0.717) is 29.5 Å². The average molecular weight is 323 g/mol. The maximum Gasteiger partial charge on any atom is 0.258 e. The lowest BCUT2D eigenvalue weighted by molar-refractivity contribution is -0.115. The molecule has 0 saturated carbocycles. The van der Waals surface area contributed by atoms with Crippen molar-refractivity contribution in [1.29, 1.82) is 0 Å². The van der Waals surface area contributed by atoms with Crippen LogP contribution in [0, 0.1) is 0 Å².